The van der Waals surface area contributed by atoms with E-state index in [1.165, 1.54) is 0 Å². The van der Waals surface area contributed by atoms with Crippen molar-refractivity contribution in [3.05, 3.63) is 35.2 Å². The monoisotopic (exact) mass is 258 g/mol. The Labute approximate surface area is 108 Å². The molecular formula is C13H10N2O4. The van der Waals surface area contributed by atoms with Gasteiger partial charge in [-0.25, -0.2) is 9.78 Å². The number of hydrogen-bond donors (Lipinski definition) is 2. The number of anilines is 1. The van der Waals surface area contributed by atoms with Gasteiger partial charge in [0.1, 0.15) is 0 Å². The van der Waals surface area contributed by atoms with E-state index >= 15 is 0 Å². The largest absolute Gasteiger partial charge is 0.475 e. The van der Waals surface area contributed by atoms with Gasteiger partial charge in [-0.2, -0.15) is 0 Å². The minimum atomic E-state index is -1.14. The Morgan fingerprint density at radius 2 is 2.26 bits per heavy atom. The molecule has 1 aliphatic heterocycles. The number of benzene rings is 1. The minimum absolute atomic E-state index is 0.0537. The van der Waals surface area contributed by atoms with E-state index in [2.05, 4.69) is 10.3 Å². The molecule has 0 unspecified atom stereocenters. The van der Waals surface area contributed by atoms with Crippen LogP contribution in [-0.2, 0) is 11.2 Å². The Kier molecular flexibility index (Phi) is 2.38. The molecule has 0 atom stereocenters. The number of rotatable bonds is 2. The zero-order chi connectivity index (χ0) is 13.6. The predicted molar refractivity (Wildman–Crippen MR) is 66.0 cm³/mol. The highest BCUT2D eigenvalue weighted by Gasteiger charge is 2.21. The van der Waals surface area contributed by atoms with Gasteiger partial charge in [0.15, 0.2) is 0 Å². The lowest BCUT2D eigenvalue weighted by Gasteiger charge is -2.00. The van der Waals surface area contributed by atoms with Crippen molar-refractivity contribution >= 4 is 17.6 Å². The van der Waals surface area contributed by atoms with E-state index in [9.17, 15) is 9.59 Å². The second-order valence-corrected chi connectivity index (χ2v) is 4.34. The second kappa shape index (κ2) is 3.94. The summed E-state index contributed by atoms with van der Waals surface area (Å²) in [4.78, 5) is 26.3. The Morgan fingerprint density at radius 1 is 1.47 bits per heavy atom. The van der Waals surface area contributed by atoms with Gasteiger partial charge in [-0.05, 0) is 30.7 Å². The summed E-state index contributed by atoms with van der Waals surface area (Å²) in [6.45, 7) is 1.58. The number of aromatic carboxylic acids is 1. The highest BCUT2D eigenvalue weighted by molar-refractivity contribution is 5.99. The van der Waals surface area contributed by atoms with E-state index in [0.29, 0.717) is 17.7 Å². The van der Waals surface area contributed by atoms with Crippen LogP contribution in [-0.4, -0.2) is 22.0 Å². The first-order valence-electron chi connectivity index (χ1n) is 5.68. The molecule has 96 valence electrons. The maximum atomic E-state index is 11.3. The summed E-state index contributed by atoms with van der Waals surface area (Å²) in [7, 11) is 0. The second-order valence-electron chi connectivity index (χ2n) is 4.34. The lowest BCUT2D eigenvalue weighted by atomic mass is 10.1. The predicted octanol–water partition coefficient (Wildman–Crippen LogP) is 1.84. The number of hydrogen-bond acceptors (Lipinski definition) is 4. The Bertz CT molecular complexity index is 703. The van der Waals surface area contributed by atoms with E-state index in [0.717, 1.165) is 11.3 Å². The van der Waals surface area contributed by atoms with Gasteiger partial charge in [-0.1, -0.05) is 0 Å². The number of aromatic nitrogens is 1. The molecule has 0 saturated carbocycles. The van der Waals surface area contributed by atoms with Gasteiger partial charge in [0.2, 0.25) is 17.6 Å². The molecule has 19 heavy (non-hydrogen) atoms. The minimum Gasteiger partial charge on any atom is -0.475 e. The molecule has 2 heterocycles. The number of carbonyl (C=O) groups is 2. The lowest BCUT2D eigenvalue weighted by Crippen LogP contribution is -2.03. The van der Waals surface area contributed by atoms with Crippen LogP contribution in [0.15, 0.2) is 22.6 Å². The molecule has 1 aromatic heterocycles. The zero-order valence-electron chi connectivity index (χ0n) is 10.1. The highest BCUT2D eigenvalue weighted by atomic mass is 16.4. The first-order valence-corrected chi connectivity index (χ1v) is 5.68. The lowest BCUT2D eigenvalue weighted by molar-refractivity contribution is -0.115. The Hall–Kier alpha value is -2.63. The maximum absolute atomic E-state index is 11.3. The van der Waals surface area contributed by atoms with Gasteiger partial charge < -0.3 is 14.8 Å². The van der Waals surface area contributed by atoms with Gasteiger partial charge >= 0.3 is 5.97 Å². The fourth-order valence-electron chi connectivity index (χ4n) is 2.08. The number of aryl methyl sites for hydroxylation is 1. The smallest absolute Gasteiger partial charge is 0.373 e. The molecule has 0 spiro atoms. The van der Waals surface area contributed by atoms with Crippen molar-refractivity contribution in [2.75, 3.05) is 5.32 Å². The molecule has 6 nitrogen and oxygen atoms in total. The summed E-state index contributed by atoms with van der Waals surface area (Å²) >= 11 is 0. The number of carbonyl (C=O) groups excluding carboxylic acids is 1. The molecule has 0 fully saturated rings. The normalized spacial score (nSPS) is 13.2. The van der Waals surface area contributed by atoms with Crippen LogP contribution in [0.2, 0.25) is 0 Å². The Balaban J connectivity index is 2.04. The molecule has 1 amide bonds. The first-order chi connectivity index (χ1) is 9.04. The van der Waals surface area contributed by atoms with E-state index in [-0.39, 0.29) is 17.6 Å². The molecule has 1 aliphatic rings. The average molecular weight is 258 g/mol. The summed E-state index contributed by atoms with van der Waals surface area (Å²) in [6, 6.07) is 5.28. The van der Waals surface area contributed by atoms with Gasteiger partial charge in [0.05, 0.1) is 12.1 Å². The van der Waals surface area contributed by atoms with Gasteiger partial charge in [0.25, 0.3) is 0 Å². The molecule has 2 aromatic rings. The summed E-state index contributed by atoms with van der Waals surface area (Å²) in [5.41, 5.74) is 2.62. The first kappa shape index (κ1) is 11.5. The van der Waals surface area contributed by atoms with E-state index in [1.54, 1.807) is 25.1 Å². The molecule has 6 heteroatoms. The number of oxazole rings is 1. The van der Waals surface area contributed by atoms with Crippen LogP contribution >= 0.6 is 0 Å². The molecular weight excluding hydrogens is 248 g/mol. The molecule has 3 rings (SSSR count). The zero-order valence-corrected chi connectivity index (χ0v) is 10.1. The quantitative estimate of drug-likeness (QED) is 0.857. The molecule has 0 aliphatic carbocycles. The third kappa shape index (κ3) is 1.87. The van der Waals surface area contributed by atoms with Crippen LogP contribution in [0.1, 0.15) is 21.8 Å². The van der Waals surface area contributed by atoms with Crippen LogP contribution in [0.25, 0.3) is 11.5 Å². The van der Waals surface area contributed by atoms with Crippen molar-refractivity contribution in [1.29, 1.82) is 0 Å². The number of carboxylic acid groups (broad SMARTS) is 1. The highest BCUT2D eigenvalue weighted by Crippen LogP contribution is 2.29. The van der Waals surface area contributed by atoms with Crippen molar-refractivity contribution in [3.8, 4) is 11.5 Å². The summed E-state index contributed by atoms with van der Waals surface area (Å²) in [6.07, 6.45) is 0.314. The van der Waals surface area contributed by atoms with E-state index in [1.807, 2.05) is 0 Å². The van der Waals surface area contributed by atoms with Crippen LogP contribution in [0, 0.1) is 6.92 Å². The number of carboxylic acids is 1. The van der Waals surface area contributed by atoms with Crippen LogP contribution in [0.3, 0.4) is 0 Å². The molecule has 0 radical (unpaired) electrons. The topological polar surface area (TPSA) is 92.4 Å². The van der Waals surface area contributed by atoms with Gasteiger partial charge in [-0.15, -0.1) is 0 Å². The van der Waals surface area contributed by atoms with Crippen molar-refractivity contribution in [2.24, 2.45) is 0 Å². The van der Waals surface area contributed by atoms with Crippen LogP contribution < -0.4 is 5.32 Å². The Morgan fingerprint density at radius 3 is 2.95 bits per heavy atom. The van der Waals surface area contributed by atoms with E-state index in [4.69, 9.17) is 9.52 Å². The van der Waals surface area contributed by atoms with Crippen molar-refractivity contribution < 1.29 is 19.1 Å². The van der Waals surface area contributed by atoms with Crippen molar-refractivity contribution in [3.63, 3.8) is 0 Å². The maximum Gasteiger partial charge on any atom is 0.373 e. The molecule has 0 saturated heterocycles. The van der Waals surface area contributed by atoms with Crippen molar-refractivity contribution in [1.82, 2.24) is 4.98 Å². The summed E-state index contributed by atoms with van der Waals surface area (Å²) < 4.78 is 5.23. The summed E-state index contributed by atoms with van der Waals surface area (Å²) in [5.74, 6) is -1.11. The van der Waals surface area contributed by atoms with E-state index < -0.39 is 5.97 Å². The average Bonchev–Trinajstić information content (AvgIpc) is 2.89. The third-order valence-corrected chi connectivity index (χ3v) is 2.97. The fourth-order valence-corrected chi connectivity index (χ4v) is 2.08. The fraction of sp³-hybridized carbons (Fsp3) is 0.154. The van der Waals surface area contributed by atoms with Crippen molar-refractivity contribution in [2.45, 2.75) is 13.3 Å². The molecule has 0 bridgehead atoms. The van der Waals surface area contributed by atoms with Gasteiger partial charge in [0, 0.05) is 11.3 Å². The number of nitrogens with one attached hydrogen (secondary N) is 1. The SMILES string of the molecule is Cc1nc(-c2ccc3c(c2)CC(=O)N3)oc1C(=O)O. The number of fused-ring (bicyclic) bond motifs is 1. The number of nitrogens with zero attached hydrogens (tertiary/aromatic N) is 1. The van der Waals surface area contributed by atoms with Crippen LogP contribution in [0.5, 0.6) is 0 Å². The van der Waals surface area contributed by atoms with Gasteiger partial charge in [-0.3, -0.25) is 4.79 Å². The summed E-state index contributed by atoms with van der Waals surface area (Å²) in [5, 5.41) is 11.7. The van der Waals surface area contributed by atoms with Crippen LogP contribution in [0.4, 0.5) is 5.69 Å². The third-order valence-electron chi connectivity index (χ3n) is 2.97. The number of amides is 1. The standard InChI is InChI=1S/C13H10N2O4/c1-6-11(13(17)18)19-12(14-6)7-2-3-9-8(4-7)5-10(16)15-9/h2-4H,5H2,1H3,(H,15,16)(H,17,18). The molecule has 1 aromatic carbocycles. The molecule has 2 N–H and O–H groups in total.